The van der Waals surface area contributed by atoms with Crippen LogP contribution in [0.5, 0.6) is 0 Å². The molecule has 3 heterocycles. The summed E-state index contributed by atoms with van der Waals surface area (Å²) in [6, 6.07) is 16.0. The van der Waals surface area contributed by atoms with Crippen molar-refractivity contribution in [2.45, 2.75) is 31.4 Å². The SMILES string of the molecule is O=c1[nH]c2cc(Cl)ccc2n1C1CCN(CC2=NOC(c3ccccc3)C2)CC1. The van der Waals surface area contributed by atoms with Gasteiger partial charge in [-0.3, -0.25) is 9.47 Å². The Morgan fingerprint density at radius 2 is 1.93 bits per heavy atom. The molecule has 0 spiro atoms. The standard InChI is InChI=1S/C22H23ClN4O2/c23-16-6-7-20-19(12-16)24-22(28)27(20)18-8-10-26(11-9-18)14-17-13-21(29-25-17)15-4-2-1-3-5-15/h1-7,12,18,21H,8-11,13-14H2,(H,24,28). The van der Waals surface area contributed by atoms with Gasteiger partial charge in [0.2, 0.25) is 0 Å². The highest BCUT2D eigenvalue weighted by Crippen LogP contribution is 2.29. The fourth-order valence-electron chi connectivity index (χ4n) is 4.43. The number of H-pyrrole nitrogens is 1. The van der Waals surface area contributed by atoms with Gasteiger partial charge in [0.15, 0.2) is 6.10 Å². The summed E-state index contributed by atoms with van der Waals surface area (Å²) >= 11 is 6.06. The Morgan fingerprint density at radius 1 is 1.14 bits per heavy atom. The van der Waals surface area contributed by atoms with Gasteiger partial charge < -0.3 is 9.82 Å². The second kappa shape index (κ2) is 7.69. The summed E-state index contributed by atoms with van der Waals surface area (Å²) < 4.78 is 1.89. The van der Waals surface area contributed by atoms with Crippen molar-refractivity contribution in [2.75, 3.05) is 19.6 Å². The van der Waals surface area contributed by atoms with Crippen molar-refractivity contribution in [2.24, 2.45) is 5.16 Å². The van der Waals surface area contributed by atoms with E-state index in [2.05, 4.69) is 27.2 Å². The molecule has 0 radical (unpaired) electrons. The number of hydrogen-bond acceptors (Lipinski definition) is 4. The molecule has 2 aliphatic heterocycles. The Balaban J connectivity index is 1.21. The first-order valence-electron chi connectivity index (χ1n) is 10.1. The van der Waals surface area contributed by atoms with Gasteiger partial charge in [0.05, 0.1) is 16.7 Å². The van der Waals surface area contributed by atoms with E-state index in [9.17, 15) is 4.79 Å². The molecule has 29 heavy (non-hydrogen) atoms. The lowest BCUT2D eigenvalue weighted by molar-refractivity contribution is 0.0856. The number of piperidine rings is 1. The van der Waals surface area contributed by atoms with Gasteiger partial charge in [0.1, 0.15) is 0 Å². The average Bonchev–Trinajstić information content (AvgIpc) is 3.33. The topological polar surface area (TPSA) is 62.6 Å². The maximum atomic E-state index is 12.5. The number of benzene rings is 2. The van der Waals surface area contributed by atoms with E-state index < -0.39 is 0 Å². The molecule has 5 rings (SSSR count). The molecule has 1 aromatic heterocycles. The maximum absolute atomic E-state index is 12.5. The minimum atomic E-state index is -0.0556. The second-order valence-electron chi connectivity index (χ2n) is 7.84. The zero-order chi connectivity index (χ0) is 19.8. The van der Waals surface area contributed by atoms with Gasteiger partial charge in [0.25, 0.3) is 0 Å². The molecule has 2 aromatic carbocycles. The molecule has 2 aliphatic rings. The first-order chi connectivity index (χ1) is 14.2. The van der Waals surface area contributed by atoms with Crippen LogP contribution in [0.15, 0.2) is 58.5 Å². The number of likely N-dealkylation sites (tertiary alicyclic amines) is 1. The van der Waals surface area contributed by atoms with Crippen LogP contribution < -0.4 is 5.69 Å². The van der Waals surface area contributed by atoms with E-state index in [-0.39, 0.29) is 17.8 Å². The number of fused-ring (bicyclic) bond motifs is 1. The third kappa shape index (κ3) is 3.70. The first kappa shape index (κ1) is 18.5. The summed E-state index contributed by atoms with van der Waals surface area (Å²) in [5.41, 5.74) is 3.94. The van der Waals surface area contributed by atoms with Crippen molar-refractivity contribution in [3.8, 4) is 0 Å². The number of hydrogen-bond donors (Lipinski definition) is 1. The van der Waals surface area contributed by atoms with Crippen LogP contribution in [0.3, 0.4) is 0 Å². The van der Waals surface area contributed by atoms with Gasteiger partial charge in [-0.05, 0) is 36.6 Å². The normalized spacial score (nSPS) is 20.7. The number of nitrogens with one attached hydrogen (secondary N) is 1. The van der Waals surface area contributed by atoms with Gasteiger partial charge in [-0.1, -0.05) is 47.1 Å². The minimum absolute atomic E-state index is 0.0281. The summed E-state index contributed by atoms with van der Waals surface area (Å²) in [6.45, 7) is 2.70. The molecule has 150 valence electrons. The number of oxime groups is 1. The number of halogens is 1. The van der Waals surface area contributed by atoms with E-state index in [0.29, 0.717) is 5.02 Å². The van der Waals surface area contributed by atoms with Gasteiger partial charge in [0, 0.05) is 37.1 Å². The van der Waals surface area contributed by atoms with Crippen LogP contribution in [0, 0.1) is 0 Å². The quantitative estimate of drug-likeness (QED) is 0.703. The van der Waals surface area contributed by atoms with Crippen molar-refractivity contribution >= 4 is 28.3 Å². The van der Waals surface area contributed by atoms with Crippen LogP contribution in [0.2, 0.25) is 5.02 Å². The number of rotatable bonds is 4. The first-order valence-corrected chi connectivity index (χ1v) is 10.4. The fourth-order valence-corrected chi connectivity index (χ4v) is 4.60. The van der Waals surface area contributed by atoms with Gasteiger partial charge in [-0.25, -0.2) is 4.79 Å². The highest BCUT2D eigenvalue weighted by molar-refractivity contribution is 6.31. The van der Waals surface area contributed by atoms with E-state index in [0.717, 1.165) is 55.6 Å². The van der Waals surface area contributed by atoms with Crippen molar-refractivity contribution in [3.63, 3.8) is 0 Å². The monoisotopic (exact) mass is 410 g/mol. The molecule has 7 heteroatoms. The van der Waals surface area contributed by atoms with E-state index >= 15 is 0 Å². The molecule has 0 bridgehead atoms. The Hall–Kier alpha value is -2.57. The van der Waals surface area contributed by atoms with Crippen molar-refractivity contribution in [1.82, 2.24) is 14.5 Å². The second-order valence-corrected chi connectivity index (χ2v) is 8.27. The highest BCUT2D eigenvalue weighted by atomic mass is 35.5. The lowest BCUT2D eigenvalue weighted by atomic mass is 10.0. The summed E-state index contributed by atoms with van der Waals surface area (Å²) in [5.74, 6) is 0. The zero-order valence-corrected chi connectivity index (χ0v) is 16.8. The Labute approximate surface area is 173 Å². The van der Waals surface area contributed by atoms with Gasteiger partial charge >= 0.3 is 5.69 Å². The molecule has 1 atom stereocenters. The van der Waals surface area contributed by atoms with Crippen LogP contribution in [0.25, 0.3) is 11.0 Å². The van der Waals surface area contributed by atoms with E-state index in [1.165, 1.54) is 5.56 Å². The van der Waals surface area contributed by atoms with Crippen LogP contribution in [0.1, 0.15) is 37.0 Å². The zero-order valence-electron chi connectivity index (χ0n) is 16.1. The van der Waals surface area contributed by atoms with Crippen LogP contribution in [-0.2, 0) is 4.84 Å². The molecule has 1 unspecified atom stereocenters. The van der Waals surface area contributed by atoms with Crippen molar-refractivity contribution in [1.29, 1.82) is 0 Å². The Bertz CT molecular complexity index is 1100. The predicted octanol–water partition coefficient (Wildman–Crippen LogP) is 4.14. The van der Waals surface area contributed by atoms with E-state index in [4.69, 9.17) is 16.4 Å². The summed E-state index contributed by atoms with van der Waals surface area (Å²) in [4.78, 5) is 23.5. The lowest BCUT2D eigenvalue weighted by Crippen LogP contribution is -2.39. The molecule has 0 aliphatic carbocycles. The number of aromatic amines is 1. The minimum Gasteiger partial charge on any atom is -0.387 e. The predicted molar refractivity (Wildman–Crippen MR) is 115 cm³/mol. The third-order valence-electron chi connectivity index (χ3n) is 5.91. The smallest absolute Gasteiger partial charge is 0.326 e. The summed E-state index contributed by atoms with van der Waals surface area (Å²) in [6.07, 6.45) is 2.74. The molecule has 1 N–H and O–H groups in total. The summed E-state index contributed by atoms with van der Waals surface area (Å²) in [5, 5.41) is 4.96. The van der Waals surface area contributed by atoms with Crippen molar-refractivity contribution in [3.05, 3.63) is 69.6 Å². The molecular formula is C22H23ClN4O2. The Morgan fingerprint density at radius 3 is 2.72 bits per heavy atom. The number of nitrogens with zero attached hydrogens (tertiary/aromatic N) is 3. The fraction of sp³-hybridized carbons (Fsp3) is 0.364. The van der Waals surface area contributed by atoms with Crippen molar-refractivity contribution < 1.29 is 4.84 Å². The number of imidazole rings is 1. The molecule has 1 saturated heterocycles. The van der Waals surface area contributed by atoms with Gasteiger partial charge in [-0.15, -0.1) is 0 Å². The summed E-state index contributed by atoms with van der Waals surface area (Å²) in [7, 11) is 0. The average molecular weight is 411 g/mol. The maximum Gasteiger partial charge on any atom is 0.326 e. The highest BCUT2D eigenvalue weighted by Gasteiger charge is 2.27. The largest absolute Gasteiger partial charge is 0.387 e. The van der Waals surface area contributed by atoms with Crippen LogP contribution in [-0.4, -0.2) is 39.8 Å². The Kier molecular flexibility index (Phi) is 4.89. The molecule has 3 aromatic rings. The number of aromatic nitrogens is 2. The van der Waals surface area contributed by atoms with Crippen LogP contribution >= 0.6 is 11.6 Å². The lowest BCUT2D eigenvalue weighted by Gasteiger charge is -2.32. The van der Waals surface area contributed by atoms with E-state index in [1.807, 2.05) is 41.0 Å². The molecule has 1 fully saturated rings. The molecule has 0 saturated carbocycles. The molecular weight excluding hydrogens is 388 g/mol. The van der Waals surface area contributed by atoms with Crippen LogP contribution in [0.4, 0.5) is 0 Å². The molecule has 0 amide bonds. The van der Waals surface area contributed by atoms with E-state index in [1.54, 1.807) is 0 Å². The molecule has 6 nitrogen and oxygen atoms in total. The third-order valence-corrected chi connectivity index (χ3v) is 6.14. The van der Waals surface area contributed by atoms with Gasteiger partial charge in [-0.2, -0.15) is 0 Å².